The van der Waals surface area contributed by atoms with Crippen LogP contribution in [0.5, 0.6) is 10.9 Å². The van der Waals surface area contributed by atoms with Crippen LogP contribution in [0.2, 0.25) is 0 Å². The molecule has 0 aliphatic carbocycles. The number of morpholine rings is 1. The molecule has 1 aromatic heterocycles. The van der Waals surface area contributed by atoms with E-state index in [0.29, 0.717) is 23.2 Å². The van der Waals surface area contributed by atoms with Gasteiger partial charge in [0.05, 0.1) is 12.7 Å². The second-order valence-corrected chi connectivity index (χ2v) is 5.17. The third-order valence-electron chi connectivity index (χ3n) is 2.96. The van der Waals surface area contributed by atoms with Gasteiger partial charge in [-0.15, -0.1) is 0 Å². The van der Waals surface area contributed by atoms with Gasteiger partial charge in [0, 0.05) is 18.5 Å². The van der Waals surface area contributed by atoms with E-state index >= 15 is 0 Å². The molecule has 0 amide bonds. The molecule has 0 spiro atoms. The number of hydrogen-bond acceptors (Lipinski definition) is 6. The predicted molar refractivity (Wildman–Crippen MR) is 74.9 cm³/mol. The number of nitriles is 1. The van der Waals surface area contributed by atoms with Gasteiger partial charge in [0.25, 0.3) is 5.19 Å². The average Bonchev–Trinajstić information content (AvgIpc) is 2.96. The Kier molecular flexibility index (Phi) is 3.92. The molecule has 1 aliphatic rings. The molecule has 0 radical (unpaired) electrons. The first-order valence-electron chi connectivity index (χ1n) is 6.31. The van der Waals surface area contributed by atoms with Crippen molar-refractivity contribution in [2.75, 3.05) is 19.7 Å². The average molecular weight is 287 g/mol. The lowest BCUT2D eigenvalue weighted by molar-refractivity contribution is 0.0276. The number of rotatable bonds is 3. The highest BCUT2D eigenvalue weighted by Crippen LogP contribution is 2.28. The van der Waals surface area contributed by atoms with Gasteiger partial charge in [-0.05, 0) is 17.7 Å². The van der Waals surface area contributed by atoms with Crippen LogP contribution < -0.4 is 10.1 Å². The second-order valence-electron chi connectivity index (χ2n) is 4.35. The van der Waals surface area contributed by atoms with E-state index in [1.807, 2.05) is 30.3 Å². The fraction of sp³-hybridized carbons (Fsp3) is 0.286. The van der Waals surface area contributed by atoms with Crippen LogP contribution in [0.15, 0.2) is 29.6 Å². The van der Waals surface area contributed by atoms with Crippen LogP contribution in [-0.4, -0.2) is 24.7 Å². The number of nitrogens with one attached hydrogen (secondary N) is 1. The first kappa shape index (κ1) is 13.1. The first-order chi connectivity index (χ1) is 9.85. The first-order valence-corrected chi connectivity index (χ1v) is 7.19. The van der Waals surface area contributed by atoms with E-state index < -0.39 is 0 Å². The Bertz CT molecular complexity index is 629. The maximum absolute atomic E-state index is 8.75. The molecular formula is C14H13N3O2S. The van der Waals surface area contributed by atoms with Crippen molar-refractivity contribution in [3.63, 3.8) is 0 Å². The number of hydrogen-bond donors (Lipinski definition) is 1. The molecule has 0 unspecified atom stereocenters. The Hall–Kier alpha value is -1.94. The second kappa shape index (κ2) is 6.01. The molecule has 0 bridgehead atoms. The number of nitrogens with zero attached hydrogens (tertiary/aromatic N) is 2. The minimum absolute atomic E-state index is 0.0539. The van der Waals surface area contributed by atoms with Crippen molar-refractivity contribution in [1.82, 2.24) is 10.3 Å². The fourth-order valence-corrected chi connectivity index (χ4v) is 2.63. The number of ether oxygens (including phenoxy) is 2. The molecule has 1 fully saturated rings. The lowest BCUT2D eigenvalue weighted by Crippen LogP contribution is -2.33. The number of thiazole rings is 1. The van der Waals surface area contributed by atoms with Crippen LogP contribution in [-0.2, 0) is 4.74 Å². The summed E-state index contributed by atoms with van der Waals surface area (Å²) < 4.78 is 11.4. The van der Waals surface area contributed by atoms with E-state index in [1.165, 1.54) is 11.3 Å². The summed E-state index contributed by atoms with van der Waals surface area (Å²) in [4.78, 5) is 4.06. The molecule has 1 N–H and O–H groups in total. The van der Waals surface area contributed by atoms with E-state index in [1.54, 1.807) is 5.38 Å². The molecule has 20 heavy (non-hydrogen) atoms. The zero-order valence-electron chi connectivity index (χ0n) is 10.7. The van der Waals surface area contributed by atoms with E-state index in [4.69, 9.17) is 14.7 Å². The molecule has 5 nitrogen and oxygen atoms in total. The minimum atomic E-state index is 0.0539. The van der Waals surface area contributed by atoms with Crippen LogP contribution >= 0.6 is 11.3 Å². The van der Waals surface area contributed by atoms with Gasteiger partial charge in [0.15, 0.2) is 5.69 Å². The van der Waals surface area contributed by atoms with Gasteiger partial charge in [0.2, 0.25) is 0 Å². The maximum atomic E-state index is 8.75. The number of benzene rings is 1. The summed E-state index contributed by atoms with van der Waals surface area (Å²) >= 11 is 1.31. The zero-order chi connectivity index (χ0) is 13.8. The monoisotopic (exact) mass is 287 g/mol. The standard InChI is InChI=1S/C14H13N3O2S/c15-7-11-9-20-14(17-11)19-12-3-1-2-10(6-12)13-8-16-4-5-18-13/h1-3,6,9,13,16H,4-5,8H2/t13-/m0/s1. The maximum Gasteiger partial charge on any atom is 0.279 e. The van der Waals surface area contributed by atoms with E-state index in [0.717, 1.165) is 18.7 Å². The minimum Gasteiger partial charge on any atom is -0.431 e. The van der Waals surface area contributed by atoms with Gasteiger partial charge in [-0.2, -0.15) is 10.2 Å². The molecule has 1 aromatic carbocycles. The smallest absolute Gasteiger partial charge is 0.279 e. The van der Waals surface area contributed by atoms with Gasteiger partial charge >= 0.3 is 0 Å². The van der Waals surface area contributed by atoms with Crippen molar-refractivity contribution in [3.8, 4) is 17.0 Å². The third-order valence-corrected chi connectivity index (χ3v) is 3.68. The van der Waals surface area contributed by atoms with Gasteiger partial charge in [0.1, 0.15) is 11.8 Å². The quantitative estimate of drug-likeness (QED) is 0.939. The molecule has 1 aliphatic heterocycles. The van der Waals surface area contributed by atoms with Crippen molar-refractivity contribution in [1.29, 1.82) is 5.26 Å². The Labute approximate surface area is 120 Å². The Balaban J connectivity index is 1.75. The summed E-state index contributed by atoms with van der Waals surface area (Å²) in [6.45, 7) is 2.41. The molecule has 102 valence electrons. The molecule has 1 atom stereocenters. The van der Waals surface area contributed by atoms with Gasteiger partial charge in [-0.1, -0.05) is 23.5 Å². The summed E-state index contributed by atoms with van der Waals surface area (Å²) in [5.74, 6) is 0.704. The Morgan fingerprint density at radius 3 is 3.20 bits per heavy atom. The molecule has 0 saturated carbocycles. The highest BCUT2D eigenvalue weighted by molar-refractivity contribution is 7.11. The fourth-order valence-electron chi connectivity index (χ4n) is 2.01. The van der Waals surface area contributed by atoms with Crippen molar-refractivity contribution in [2.45, 2.75) is 6.10 Å². The normalized spacial score (nSPS) is 18.4. The largest absolute Gasteiger partial charge is 0.431 e. The van der Waals surface area contributed by atoms with E-state index in [-0.39, 0.29) is 6.10 Å². The van der Waals surface area contributed by atoms with Gasteiger partial charge in [-0.25, -0.2) is 0 Å². The zero-order valence-corrected chi connectivity index (χ0v) is 11.5. The van der Waals surface area contributed by atoms with Crippen LogP contribution in [0.1, 0.15) is 17.4 Å². The lowest BCUT2D eigenvalue weighted by atomic mass is 10.1. The highest BCUT2D eigenvalue weighted by atomic mass is 32.1. The Morgan fingerprint density at radius 2 is 2.45 bits per heavy atom. The summed E-state index contributed by atoms with van der Waals surface area (Å²) in [7, 11) is 0. The van der Waals surface area contributed by atoms with Crippen LogP contribution in [0.4, 0.5) is 0 Å². The summed E-state index contributed by atoms with van der Waals surface area (Å²) in [5, 5.41) is 14.2. The van der Waals surface area contributed by atoms with E-state index in [9.17, 15) is 0 Å². The highest BCUT2D eigenvalue weighted by Gasteiger charge is 2.16. The lowest BCUT2D eigenvalue weighted by Gasteiger charge is -2.24. The molecule has 3 rings (SSSR count). The molecule has 2 aromatic rings. The van der Waals surface area contributed by atoms with Crippen LogP contribution in [0.3, 0.4) is 0 Å². The summed E-state index contributed by atoms with van der Waals surface area (Å²) in [6, 6.07) is 9.76. The van der Waals surface area contributed by atoms with E-state index in [2.05, 4.69) is 10.3 Å². The van der Waals surface area contributed by atoms with Crippen LogP contribution in [0, 0.1) is 11.3 Å². The van der Waals surface area contributed by atoms with Crippen molar-refractivity contribution >= 4 is 11.3 Å². The van der Waals surface area contributed by atoms with Crippen molar-refractivity contribution < 1.29 is 9.47 Å². The van der Waals surface area contributed by atoms with Crippen LogP contribution in [0.25, 0.3) is 0 Å². The topological polar surface area (TPSA) is 67.2 Å². The summed E-state index contributed by atoms with van der Waals surface area (Å²) in [6.07, 6.45) is 0.0539. The predicted octanol–water partition coefficient (Wildman–Crippen LogP) is 2.47. The van der Waals surface area contributed by atoms with Crippen molar-refractivity contribution in [3.05, 3.63) is 40.9 Å². The Morgan fingerprint density at radius 1 is 1.50 bits per heavy atom. The molecular weight excluding hydrogens is 274 g/mol. The van der Waals surface area contributed by atoms with Crippen molar-refractivity contribution in [2.24, 2.45) is 0 Å². The molecule has 6 heteroatoms. The third kappa shape index (κ3) is 2.96. The summed E-state index contributed by atoms with van der Waals surface area (Å²) in [5.41, 5.74) is 1.45. The van der Waals surface area contributed by atoms with Gasteiger partial charge < -0.3 is 14.8 Å². The van der Waals surface area contributed by atoms with Gasteiger partial charge in [-0.3, -0.25) is 0 Å². The SMILES string of the molecule is N#Cc1csc(Oc2cccc([C@@H]3CNCCO3)c2)n1. The number of aromatic nitrogens is 1. The molecule has 1 saturated heterocycles. The molecule has 2 heterocycles.